The molecule has 0 spiro atoms. The summed E-state index contributed by atoms with van der Waals surface area (Å²) < 4.78 is 5.57. The number of hydrogen-bond acceptors (Lipinski definition) is 4. The molecule has 2 aromatic rings. The fourth-order valence-electron chi connectivity index (χ4n) is 3.56. The molecule has 1 saturated heterocycles. The number of allylic oxidation sites excluding steroid dienone is 1. The van der Waals surface area contributed by atoms with Gasteiger partial charge in [-0.1, -0.05) is 46.3 Å². The van der Waals surface area contributed by atoms with E-state index in [2.05, 4.69) is 15.9 Å². The highest BCUT2D eigenvalue weighted by molar-refractivity contribution is 9.10. The van der Waals surface area contributed by atoms with Crippen molar-refractivity contribution in [1.29, 1.82) is 0 Å². The number of halogens is 1. The zero-order chi connectivity index (χ0) is 21.5. The minimum atomic E-state index is -0.351. The van der Waals surface area contributed by atoms with Crippen LogP contribution in [0.5, 0.6) is 0 Å². The molecule has 1 heterocycles. The Bertz CT molecular complexity index is 952. The molecule has 30 heavy (non-hydrogen) atoms. The molecule has 0 N–H and O–H groups in total. The Morgan fingerprint density at radius 1 is 1.17 bits per heavy atom. The van der Waals surface area contributed by atoms with Gasteiger partial charge in [-0.15, -0.1) is 0 Å². The first kappa shape index (κ1) is 22.0. The maximum atomic E-state index is 12.4. The summed E-state index contributed by atoms with van der Waals surface area (Å²) in [6.07, 6.45) is 6.28. The second-order valence-electron chi connectivity index (χ2n) is 7.22. The van der Waals surface area contributed by atoms with Crippen LogP contribution < -0.4 is 0 Å². The number of ketones is 1. The van der Waals surface area contributed by atoms with Crippen LogP contribution >= 0.6 is 15.9 Å². The lowest BCUT2D eigenvalue weighted by Gasteiger charge is -2.22. The van der Waals surface area contributed by atoms with Gasteiger partial charge >= 0.3 is 5.97 Å². The van der Waals surface area contributed by atoms with Crippen LogP contribution in [0.3, 0.4) is 0 Å². The standard InChI is InChI=1S/C24H24BrNO4/c1-30-24(29)18-9-7-17(8-10-18)4-3-15-26-21(12-14-23(26)28)11-13-22(27)19-5-2-6-20(25)16-19/h2,5-11,13,16,21H,3-4,12,14-15H2,1H3/b13-11+/t21-/m0/s1. The van der Waals surface area contributed by atoms with Crippen LogP contribution in [0.2, 0.25) is 0 Å². The minimum Gasteiger partial charge on any atom is -0.465 e. The highest BCUT2D eigenvalue weighted by Crippen LogP contribution is 2.21. The number of carbonyl (C=O) groups is 3. The fourth-order valence-corrected chi connectivity index (χ4v) is 3.96. The van der Waals surface area contributed by atoms with Crippen molar-refractivity contribution in [3.8, 4) is 0 Å². The van der Waals surface area contributed by atoms with Crippen LogP contribution in [-0.2, 0) is 16.0 Å². The first-order valence-corrected chi connectivity index (χ1v) is 10.7. The van der Waals surface area contributed by atoms with E-state index in [1.165, 1.54) is 7.11 Å². The van der Waals surface area contributed by atoms with Crippen molar-refractivity contribution in [3.05, 3.63) is 81.8 Å². The van der Waals surface area contributed by atoms with Crippen LogP contribution in [0, 0.1) is 0 Å². The Morgan fingerprint density at radius 3 is 2.63 bits per heavy atom. The molecule has 6 heteroatoms. The second kappa shape index (κ2) is 10.3. The first-order valence-electron chi connectivity index (χ1n) is 9.93. The number of hydrogen-bond donors (Lipinski definition) is 0. The number of benzene rings is 2. The van der Waals surface area contributed by atoms with Crippen molar-refractivity contribution in [2.75, 3.05) is 13.7 Å². The monoisotopic (exact) mass is 469 g/mol. The number of ether oxygens (including phenoxy) is 1. The van der Waals surface area contributed by atoms with Crippen molar-refractivity contribution in [1.82, 2.24) is 4.90 Å². The summed E-state index contributed by atoms with van der Waals surface area (Å²) in [4.78, 5) is 38.0. The highest BCUT2D eigenvalue weighted by atomic mass is 79.9. The van der Waals surface area contributed by atoms with E-state index in [4.69, 9.17) is 4.74 Å². The summed E-state index contributed by atoms with van der Waals surface area (Å²) in [5.74, 6) is -0.293. The molecular formula is C24H24BrNO4. The van der Waals surface area contributed by atoms with E-state index in [9.17, 15) is 14.4 Å². The normalized spacial score (nSPS) is 16.3. The average Bonchev–Trinajstić information content (AvgIpc) is 3.11. The fraction of sp³-hybridized carbons (Fsp3) is 0.292. The molecule has 3 rings (SSSR count). The van der Waals surface area contributed by atoms with Crippen molar-refractivity contribution < 1.29 is 19.1 Å². The number of carbonyl (C=O) groups excluding carboxylic acids is 3. The van der Waals surface area contributed by atoms with Crippen molar-refractivity contribution >= 4 is 33.6 Å². The third kappa shape index (κ3) is 5.66. The number of amides is 1. The molecule has 1 aliphatic rings. The molecule has 1 fully saturated rings. The number of nitrogens with zero attached hydrogens (tertiary/aromatic N) is 1. The largest absolute Gasteiger partial charge is 0.465 e. The molecule has 1 amide bonds. The van der Waals surface area contributed by atoms with E-state index in [0.29, 0.717) is 24.1 Å². The van der Waals surface area contributed by atoms with Gasteiger partial charge in [-0.25, -0.2) is 4.79 Å². The van der Waals surface area contributed by atoms with Gasteiger partial charge < -0.3 is 9.64 Å². The Labute approximate surface area is 184 Å². The Balaban J connectivity index is 1.55. The van der Waals surface area contributed by atoms with Gasteiger partial charge in [0.05, 0.1) is 18.7 Å². The van der Waals surface area contributed by atoms with E-state index in [1.54, 1.807) is 30.3 Å². The molecule has 0 unspecified atom stereocenters. The third-order valence-corrected chi connectivity index (χ3v) is 5.69. The van der Waals surface area contributed by atoms with Gasteiger partial charge in [0.25, 0.3) is 0 Å². The van der Waals surface area contributed by atoms with Gasteiger partial charge in [-0.3, -0.25) is 9.59 Å². The predicted octanol–water partition coefficient (Wildman–Crippen LogP) is 4.60. The van der Waals surface area contributed by atoms with E-state index in [-0.39, 0.29) is 23.7 Å². The van der Waals surface area contributed by atoms with Crippen LogP contribution in [-0.4, -0.2) is 42.3 Å². The maximum absolute atomic E-state index is 12.4. The quantitative estimate of drug-likeness (QED) is 0.322. The number of esters is 1. The lowest BCUT2D eigenvalue weighted by Crippen LogP contribution is -2.33. The summed E-state index contributed by atoms with van der Waals surface area (Å²) in [6.45, 7) is 0.637. The Hall–Kier alpha value is -2.73. The number of methoxy groups -OCH3 is 1. The Morgan fingerprint density at radius 2 is 1.93 bits per heavy atom. The van der Waals surface area contributed by atoms with Crippen molar-refractivity contribution in [2.45, 2.75) is 31.7 Å². The van der Waals surface area contributed by atoms with E-state index in [0.717, 1.165) is 29.3 Å². The van der Waals surface area contributed by atoms with E-state index in [1.807, 2.05) is 35.2 Å². The van der Waals surface area contributed by atoms with Gasteiger partial charge in [0.1, 0.15) is 0 Å². The molecule has 0 aliphatic carbocycles. The molecule has 0 saturated carbocycles. The molecule has 1 aliphatic heterocycles. The third-order valence-electron chi connectivity index (χ3n) is 5.19. The number of rotatable bonds is 8. The molecule has 0 radical (unpaired) electrons. The first-order chi connectivity index (χ1) is 14.5. The molecule has 0 bridgehead atoms. The van der Waals surface area contributed by atoms with Gasteiger partial charge in [0.15, 0.2) is 5.78 Å². The molecule has 2 aromatic carbocycles. The number of aryl methyl sites for hydroxylation is 1. The SMILES string of the molecule is COC(=O)c1ccc(CCCN2C(=O)CC[C@@H]2/C=C/C(=O)c2cccc(Br)c2)cc1. The summed E-state index contributed by atoms with van der Waals surface area (Å²) in [5.41, 5.74) is 2.24. The lowest BCUT2D eigenvalue weighted by atomic mass is 10.1. The summed E-state index contributed by atoms with van der Waals surface area (Å²) >= 11 is 3.38. The van der Waals surface area contributed by atoms with Gasteiger partial charge in [0, 0.05) is 23.0 Å². The van der Waals surface area contributed by atoms with Crippen molar-refractivity contribution in [2.24, 2.45) is 0 Å². The predicted molar refractivity (Wildman–Crippen MR) is 118 cm³/mol. The molecule has 0 aromatic heterocycles. The summed E-state index contributed by atoms with van der Waals surface area (Å²) in [5, 5.41) is 0. The highest BCUT2D eigenvalue weighted by Gasteiger charge is 2.28. The minimum absolute atomic E-state index is 0.0460. The van der Waals surface area contributed by atoms with Gasteiger partial charge in [-0.05, 0) is 55.2 Å². The maximum Gasteiger partial charge on any atom is 0.337 e. The Kier molecular flexibility index (Phi) is 7.57. The molecular weight excluding hydrogens is 446 g/mol. The second-order valence-corrected chi connectivity index (χ2v) is 8.13. The molecule has 5 nitrogen and oxygen atoms in total. The lowest BCUT2D eigenvalue weighted by molar-refractivity contribution is -0.128. The number of likely N-dealkylation sites (tertiary alicyclic amines) is 1. The summed E-state index contributed by atoms with van der Waals surface area (Å²) in [6, 6.07) is 14.5. The van der Waals surface area contributed by atoms with Crippen LogP contribution in [0.1, 0.15) is 45.5 Å². The van der Waals surface area contributed by atoms with E-state index >= 15 is 0 Å². The van der Waals surface area contributed by atoms with Gasteiger partial charge in [0.2, 0.25) is 5.91 Å². The average molecular weight is 470 g/mol. The van der Waals surface area contributed by atoms with Gasteiger partial charge in [-0.2, -0.15) is 0 Å². The zero-order valence-corrected chi connectivity index (χ0v) is 18.4. The smallest absolute Gasteiger partial charge is 0.337 e. The topological polar surface area (TPSA) is 63.7 Å². The van der Waals surface area contributed by atoms with Crippen molar-refractivity contribution in [3.63, 3.8) is 0 Å². The van der Waals surface area contributed by atoms with E-state index < -0.39 is 0 Å². The van der Waals surface area contributed by atoms with Crippen LogP contribution in [0.25, 0.3) is 0 Å². The zero-order valence-electron chi connectivity index (χ0n) is 16.8. The molecule has 1 atom stereocenters. The molecule has 156 valence electrons. The van der Waals surface area contributed by atoms with Crippen LogP contribution in [0.4, 0.5) is 0 Å². The summed E-state index contributed by atoms with van der Waals surface area (Å²) in [7, 11) is 1.36. The van der Waals surface area contributed by atoms with Crippen LogP contribution in [0.15, 0.2) is 65.2 Å².